The minimum Gasteiger partial charge on any atom is -0.488 e. The van der Waals surface area contributed by atoms with Crippen molar-refractivity contribution in [2.75, 3.05) is 14.2 Å². The van der Waals surface area contributed by atoms with Crippen LogP contribution in [0.1, 0.15) is 96.0 Å². The maximum absolute atomic E-state index is 14.0. The number of likely N-dealkylation sites (tertiary alicyclic amines) is 2. The van der Waals surface area contributed by atoms with Crippen LogP contribution in [0, 0.1) is 5.92 Å². The molecule has 5 heterocycles. The number of aromatic amines is 2. The van der Waals surface area contributed by atoms with E-state index in [4.69, 9.17) is 24.2 Å². The Morgan fingerprint density at radius 3 is 2.36 bits per heavy atom. The summed E-state index contributed by atoms with van der Waals surface area (Å²) in [6.07, 6.45) is 4.52. The highest BCUT2D eigenvalue weighted by Crippen LogP contribution is 2.44. The number of nitrogens with one attached hydrogen (secondary N) is 4. The topological polar surface area (TPSA) is 184 Å². The quantitative estimate of drug-likeness (QED) is 0.119. The highest BCUT2D eigenvalue weighted by molar-refractivity contribution is 6.07. The van der Waals surface area contributed by atoms with Crippen molar-refractivity contribution < 1.29 is 33.4 Å². The second-order valence-corrected chi connectivity index (χ2v) is 16.3. The van der Waals surface area contributed by atoms with Crippen molar-refractivity contribution in [1.29, 1.82) is 0 Å². The summed E-state index contributed by atoms with van der Waals surface area (Å²) in [5.74, 6) is 1.75. The van der Waals surface area contributed by atoms with Gasteiger partial charge in [-0.25, -0.2) is 19.6 Å². The molecule has 2 saturated heterocycles. The molecule has 0 bridgehead atoms. The van der Waals surface area contributed by atoms with Crippen LogP contribution in [0.5, 0.6) is 5.75 Å². The van der Waals surface area contributed by atoms with Crippen LogP contribution < -0.4 is 15.4 Å². The molecular weight excluding hydrogens is 753 g/mol. The highest BCUT2D eigenvalue weighted by Gasteiger charge is 2.42. The van der Waals surface area contributed by atoms with Gasteiger partial charge in [0.15, 0.2) is 0 Å². The molecule has 3 aliphatic rings. The third-order valence-corrected chi connectivity index (χ3v) is 12.3. The molecule has 2 fully saturated rings. The van der Waals surface area contributed by atoms with Crippen LogP contribution in [-0.2, 0) is 25.7 Å². The Morgan fingerprint density at radius 2 is 1.61 bits per heavy atom. The van der Waals surface area contributed by atoms with E-state index in [1.807, 2.05) is 42.8 Å². The predicted octanol–water partition coefficient (Wildman–Crippen LogP) is 7.28. The van der Waals surface area contributed by atoms with Gasteiger partial charge in [0.1, 0.15) is 36.1 Å². The van der Waals surface area contributed by atoms with E-state index in [0.717, 1.165) is 87.6 Å². The Hall–Kier alpha value is -6.12. The van der Waals surface area contributed by atoms with Crippen molar-refractivity contribution in [2.24, 2.45) is 5.92 Å². The van der Waals surface area contributed by atoms with Gasteiger partial charge < -0.3 is 44.6 Å². The lowest BCUT2D eigenvalue weighted by Crippen LogP contribution is -2.52. The van der Waals surface area contributed by atoms with E-state index >= 15 is 0 Å². The van der Waals surface area contributed by atoms with Gasteiger partial charge in [-0.2, -0.15) is 0 Å². The standard InChI is InChI=1S/C44H52N8O7/c1-8-28-12-16-34(52(28)41(53)24(5)46-43(55)57-6)39-45-20-33(48-39)26-10-13-29-27(17-26)21-59-36-19-30-25(18-31(29)36)11-14-32-38(30)49-40(47-32)35-15-9-23(4)51(35)42(54)37(22(2)3)50-44(56)58-7/h10-11,13-14,17-20,22-24,28,34-35,37H,8-9,12,15-16,21H2,1-7H3,(H,45,48)(H,46,55)(H,47,49)(H,50,56)/t23-,24-,28-,34-,35-,37-/m0/s1. The number of alkyl carbamates (subject to hydrolysis) is 2. The fourth-order valence-electron chi connectivity index (χ4n) is 9.17. The van der Waals surface area contributed by atoms with Gasteiger partial charge in [-0.15, -0.1) is 0 Å². The van der Waals surface area contributed by atoms with Gasteiger partial charge in [0, 0.05) is 23.0 Å². The number of hydrogen-bond donors (Lipinski definition) is 4. The summed E-state index contributed by atoms with van der Waals surface area (Å²) in [5.41, 5.74) is 6.59. The average Bonchev–Trinajstić information content (AvgIpc) is 4.06. The molecule has 2 aromatic heterocycles. The number of rotatable bonds is 9. The van der Waals surface area contributed by atoms with Gasteiger partial charge in [-0.1, -0.05) is 39.0 Å². The second-order valence-electron chi connectivity index (χ2n) is 16.3. The Morgan fingerprint density at radius 1 is 0.864 bits per heavy atom. The SMILES string of the molecule is CC[C@H]1CC[C@@H](c2ncc(-c3ccc4c(c3)COc3cc5c(ccc6[nH]c([C@@H]7CC[C@H](C)N7C(=O)[C@@H](NC(=O)OC)C(C)C)nc65)cc3-4)[nH]2)N1C(=O)[C@H](C)NC(=O)OC. The van der Waals surface area contributed by atoms with Gasteiger partial charge in [0.25, 0.3) is 0 Å². The number of amides is 4. The number of imidazole rings is 2. The van der Waals surface area contributed by atoms with E-state index in [1.165, 1.54) is 14.2 Å². The Labute approximate surface area is 342 Å². The predicted molar refractivity (Wildman–Crippen MR) is 221 cm³/mol. The molecule has 4 amide bonds. The zero-order valence-electron chi connectivity index (χ0n) is 34.5. The van der Waals surface area contributed by atoms with Crippen LogP contribution in [0.25, 0.3) is 44.2 Å². The molecular formula is C44H52N8O7. The van der Waals surface area contributed by atoms with E-state index in [-0.39, 0.29) is 41.9 Å². The summed E-state index contributed by atoms with van der Waals surface area (Å²) in [4.78, 5) is 72.1. The molecule has 310 valence electrons. The lowest BCUT2D eigenvalue weighted by atomic mass is 9.92. The molecule has 0 spiro atoms. The normalized spacial score (nSPS) is 20.9. The van der Waals surface area contributed by atoms with E-state index in [9.17, 15) is 19.2 Å². The third-order valence-electron chi connectivity index (χ3n) is 12.3. The molecule has 0 saturated carbocycles. The Balaban J connectivity index is 1.05. The minimum atomic E-state index is -0.735. The number of fused-ring (bicyclic) bond motifs is 6. The van der Waals surface area contributed by atoms with Gasteiger partial charge in [-0.05, 0) is 98.2 Å². The molecule has 0 unspecified atom stereocenters. The number of aromatic nitrogens is 4. The summed E-state index contributed by atoms with van der Waals surface area (Å²) in [6, 6.07) is 12.7. The fraction of sp³-hybridized carbons (Fsp3) is 0.455. The van der Waals surface area contributed by atoms with Crippen LogP contribution in [0.4, 0.5) is 9.59 Å². The van der Waals surface area contributed by atoms with E-state index < -0.39 is 24.3 Å². The maximum atomic E-state index is 14.0. The van der Waals surface area contributed by atoms with Crippen molar-refractivity contribution in [1.82, 2.24) is 40.4 Å². The van der Waals surface area contributed by atoms with Gasteiger partial charge in [-0.3, -0.25) is 9.59 Å². The maximum Gasteiger partial charge on any atom is 0.407 e. The number of methoxy groups -OCH3 is 2. The summed E-state index contributed by atoms with van der Waals surface area (Å²) in [6.45, 7) is 9.97. The molecule has 15 nitrogen and oxygen atoms in total. The zero-order chi connectivity index (χ0) is 41.7. The number of H-pyrrole nitrogens is 2. The monoisotopic (exact) mass is 804 g/mol. The summed E-state index contributed by atoms with van der Waals surface area (Å²) >= 11 is 0. The average molecular weight is 805 g/mol. The molecule has 3 aliphatic heterocycles. The molecule has 0 aliphatic carbocycles. The largest absolute Gasteiger partial charge is 0.488 e. The van der Waals surface area contributed by atoms with Gasteiger partial charge >= 0.3 is 12.2 Å². The first-order valence-electron chi connectivity index (χ1n) is 20.5. The number of carbonyl (C=O) groups excluding carboxylic acids is 4. The molecule has 15 heteroatoms. The van der Waals surface area contributed by atoms with Gasteiger partial charge in [0.2, 0.25) is 11.8 Å². The molecule has 59 heavy (non-hydrogen) atoms. The molecule has 6 atom stereocenters. The Kier molecular flexibility index (Phi) is 10.7. The first kappa shape index (κ1) is 39.7. The lowest BCUT2D eigenvalue weighted by Gasteiger charge is -2.32. The molecule has 5 aromatic rings. The number of carbonyl (C=O) groups is 4. The third kappa shape index (κ3) is 7.20. The van der Waals surface area contributed by atoms with Crippen molar-refractivity contribution >= 4 is 45.8 Å². The number of benzene rings is 3. The van der Waals surface area contributed by atoms with Crippen LogP contribution in [0.2, 0.25) is 0 Å². The summed E-state index contributed by atoms with van der Waals surface area (Å²) in [7, 11) is 2.57. The van der Waals surface area contributed by atoms with E-state index in [2.05, 4.69) is 63.9 Å². The molecule has 3 aromatic carbocycles. The van der Waals surface area contributed by atoms with Crippen molar-refractivity contribution in [3.8, 4) is 28.1 Å². The molecule has 0 radical (unpaired) electrons. The lowest BCUT2D eigenvalue weighted by molar-refractivity contribution is -0.137. The van der Waals surface area contributed by atoms with Crippen LogP contribution in [0.15, 0.2) is 48.7 Å². The Bertz CT molecular complexity index is 2440. The first-order valence-corrected chi connectivity index (χ1v) is 20.5. The smallest absolute Gasteiger partial charge is 0.407 e. The fourth-order valence-corrected chi connectivity index (χ4v) is 9.17. The molecule has 4 N–H and O–H groups in total. The number of nitrogens with zero attached hydrogens (tertiary/aromatic N) is 4. The van der Waals surface area contributed by atoms with Crippen molar-refractivity contribution in [2.45, 2.75) is 110 Å². The van der Waals surface area contributed by atoms with Crippen LogP contribution in [-0.4, -0.2) is 92.1 Å². The summed E-state index contributed by atoms with van der Waals surface area (Å²) in [5, 5.41) is 7.31. The first-order chi connectivity index (χ1) is 28.4. The van der Waals surface area contributed by atoms with Gasteiger partial charge in [0.05, 0.1) is 49.2 Å². The van der Waals surface area contributed by atoms with Crippen LogP contribution >= 0.6 is 0 Å². The van der Waals surface area contributed by atoms with Crippen molar-refractivity contribution in [3.63, 3.8) is 0 Å². The summed E-state index contributed by atoms with van der Waals surface area (Å²) < 4.78 is 16.0. The number of ether oxygens (including phenoxy) is 3. The minimum absolute atomic E-state index is 0.0246. The number of hydrogen-bond acceptors (Lipinski definition) is 9. The molecule has 8 rings (SSSR count). The second kappa shape index (κ2) is 15.9. The van der Waals surface area contributed by atoms with Crippen LogP contribution in [0.3, 0.4) is 0 Å². The zero-order valence-corrected chi connectivity index (χ0v) is 34.5. The van der Waals surface area contributed by atoms with E-state index in [0.29, 0.717) is 18.3 Å². The van der Waals surface area contributed by atoms with Crippen molar-refractivity contribution in [3.05, 3.63) is 65.9 Å². The van der Waals surface area contributed by atoms with E-state index in [1.54, 1.807) is 6.92 Å². The highest BCUT2D eigenvalue weighted by atomic mass is 16.5.